The van der Waals surface area contributed by atoms with Crippen molar-refractivity contribution in [2.45, 2.75) is 0 Å². The van der Waals surface area contributed by atoms with Gasteiger partial charge in [0.25, 0.3) is 0 Å². The van der Waals surface area contributed by atoms with Crippen LogP contribution in [-0.4, -0.2) is 11.0 Å². The highest BCUT2D eigenvalue weighted by molar-refractivity contribution is 7.16. The zero-order valence-electron chi connectivity index (χ0n) is 10.7. The highest BCUT2D eigenvalue weighted by Crippen LogP contribution is 2.28. The summed E-state index contributed by atoms with van der Waals surface area (Å²) in [5, 5.41) is 10.5. The van der Waals surface area contributed by atoms with E-state index < -0.39 is 0 Å². The van der Waals surface area contributed by atoms with E-state index in [1.807, 2.05) is 22.9 Å². The maximum atomic E-state index is 11.9. The minimum Gasteiger partial charge on any atom is -0.308 e. The topological polar surface area (TPSA) is 54.0 Å². The smallest absolute Gasteiger partial charge is 0.308 e. The quantitative estimate of drug-likeness (QED) is 0.693. The molecule has 0 spiro atoms. The average Bonchev–Trinajstić information content (AvgIpc) is 3.08. The van der Waals surface area contributed by atoms with Crippen LogP contribution in [0.4, 0.5) is 15.6 Å². The largest absolute Gasteiger partial charge is 0.325 e. The summed E-state index contributed by atoms with van der Waals surface area (Å²) in [5.41, 5.74) is 1.50. The van der Waals surface area contributed by atoms with Gasteiger partial charge < -0.3 is 5.32 Å². The highest BCUT2D eigenvalue weighted by atomic mass is 35.5. The van der Waals surface area contributed by atoms with E-state index in [1.165, 1.54) is 11.3 Å². The molecular formula is C14H10ClN3OS2. The number of halogens is 1. The number of nitrogens with one attached hydrogen (secondary N) is 2. The lowest BCUT2D eigenvalue weighted by Gasteiger charge is -2.05. The monoisotopic (exact) mass is 335 g/mol. The molecule has 0 fully saturated rings. The van der Waals surface area contributed by atoms with Crippen molar-refractivity contribution in [1.82, 2.24) is 4.98 Å². The van der Waals surface area contributed by atoms with Gasteiger partial charge in [-0.05, 0) is 29.6 Å². The van der Waals surface area contributed by atoms with Gasteiger partial charge in [-0.2, -0.15) is 0 Å². The molecule has 0 saturated heterocycles. The second kappa shape index (κ2) is 6.26. The summed E-state index contributed by atoms with van der Waals surface area (Å²) in [4.78, 5) is 17.4. The second-order valence-corrected chi connectivity index (χ2v) is 6.35. The first-order valence-electron chi connectivity index (χ1n) is 6.04. The van der Waals surface area contributed by atoms with Crippen molar-refractivity contribution in [2.75, 3.05) is 10.6 Å². The molecule has 0 aliphatic carbocycles. The molecule has 7 heteroatoms. The number of aromatic nitrogens is 1. The van der Waals surface area contributed by atoms with Crippen molar-refractivity contribution < 1.29 is 4.79 Å². The minimum absolute atomic E-state index is 0.343. The molecule has 4 nitrogen and oxygen atoms in total. The van der Waals surface area contributed by atoms with Crippen LogP contribution in [0.25, 0.3) is 10.6 Å². The Labute approximate surface area is 134 Å². The predicted molar refractivity (Wildman–Crippen MR) is 89.5 cm³/mol. The number of thiazole rings is 1. The minimum atomic E-state index is -0.343. The Bertz CT molecular complexity index is 755. The van der Waals surface area contributed by atoms with Crippen LogP contribution in [0, 0.1) is 0 Å². The molecule has 3 aromatic rings. The zero-order chi connectivity index (χ0) is 14.7. The molecule has 2 aromatic heterocycles. The molecular weight excluding hydrogens is 326 g/mol. The van der Waals surface area contributed by atoms with E-state index in [9.17, 15) is 4.79 Å². The van der Waals surface area contributed by atoms with E-state index in [4.69, 9.17) is 11.6 Å². The Morgan fingerprint density at radius 3 is 2.81 bits per heavy atom. The first kappa shape index (κ1) is 14.1. The van der Waals surface area contributed by atoms with E-state index in [0.29, 0.717) is 15.8 Å². The number of carbonyl (C=O) groups is 1. The van der Waals surface area contributed by atoms with Crippen molar-refractivity contribution in [2.24, 2.45) is 0 Å². The Balaban J connectivity index is 1.65. The van der Waals surface area contributed by atoms with Gasteiger partial charge in [0.2, 0.25) is 0 Å². The molecule has 0 saturated carbocycles. The number of hydrogen-bond donors (Lipinski definition) is 2. The number of urea groups is 1. The molecule has 0 aliphatic rings. The summed E-state index contributed by atoms with van der Waals surface area (Å²) in [6.07, 6.45) is 0. The molecule has 0 radical (unpaired) electrons. The van der Waals surface area contributed by atoms with Gasteiger partial charge in [0.05, 0.1) is 10.6 Å². The number of nitrogens with zero attached hydrogens (tertiary/aromatic N) is 1. The second-order valence-electron chi connectivity index (χ2n) is 4.10. The van der Waals surface area contributed by atoms with Gasteiger partial charge in [0.15, 0.2) is 5.13 Å². The van der Waals surface area contributed by atoms with E-state index in [2.05, 4.69) is 15.6 Å². The molecule has 2 heterocycles. The third-order valence-electron chi connectivity index (χ3n) is 2.58. The van der Waals surface area contributed by atoms with E-state index in [1.54, 1.807) is 35.6 Å². The van der Waals surface area contributed by atoms with E-state index >= 15 is 0 Å². The van der Waals surface area contributed by atoms with Gasteiger partial charge >= 0.3 is 6.03 Å². The number of benzene rings is 1. The van der Waals surface area contributed by atoms with Crippen molar-refractivity contribution in [3.63, 3.8) is 0 Å². The fourth-order valence-electron chi connectivity index (χ4n) is 1.69. The standard InChI is InChI=1S/C14H10ClN3OS2/c15-9-3-1-4-10(7-9)16-13(19)18-14-17-11(8-21-14)12-5-2-6-20-12/h1-8H,(H2,16,17,18,19). The van der Waals surface area contributed by atoms with Crippen LogP contribution in [0.1, 0.15) is 0 Å². The first-order chi connectivity index (χ1) is 10.2. The Kier molecular flexibility index (Phi) is 4.19. The molecule has 3 rings (SSSR count). The van der Waals surface area contributed by atoms with Crippen molar-refractivity contribution in [1.29, 1.82) is 0 Å². The number of rotatable bonds is 3. The Morgan fingerprint density at radius 2 is 2.05 bits per heavy atom. The Morgan fingerprint density at radius 1 is 1.14 bits per heavy atom. The van der Waals surface area contributed by atoms with Crippen LogP contribution in [0.5, 0.6) is 0 Å². The van der Waals surface area contributed by atoms with Gasteiger partial charge in [0, 0.05) is 16.1 Å². The molecule has 21 heavy (non-hydrogen) atoms. The van der Waals surface area contributed by atoms with Crippen molar-refractivity contribution in [3.05, 3.63) is 52.2 Å². The number of carbonyl (C=O) groups excluding carboxylic acids is 1. The number of hydrogen-bond acceptors (Lipinski definition) is 4. The van der Waals surface area contributed by atoms with Crippen molar-refractivity contribution in [3.8, 4) is 10.6 Å². The molecule has 106 valence electrons. The fraction of sp³-hybridized carbons (Fsp3) is 0. The SMILES string of the molecule is O=C(Nc1cccc(Cl)c1)Nc1nc(-c2cccs2)cs1. The number of thiophene rings is 1. The molecule has 2 amide bonds. The van der Waals surface area contributed by atoms with Gasteiger partial charge in [0.1, 0.15) is 0 Å². The maximum absolute atomic E-state index is 11.9. The van der Waals surface area contributed by atoms with Crippen molar-refractivity contribution >= 4 is 51.1 Å². The third kappa shape index (κ3) is 3.60. The molecule has 0 unspecified atom stereocenters. The van der Waals surface area contributed by atoms with Gasteiger partial charge in [-0.3, -0.25) is 5.32 Å². The van der Waals surface area contributed by atoms with Crippen LogP contribution in [0.3, 0.4) is 0 Å². The van der Waals surface area contributed by atoms with Gasteiger partial charge in [-0.25, -0.2) is 9.78 Å². The third-order valence-corrected chi connectivity index (χ3v) is 4.47. The summed E-state index contributed by atoms with van der Waals surface area (Å²) in [6, 6.07) is 10.6. The summed E-state index contributed by atoms with van der Waals surface area (Å²) in [6.45, 7) is 0. The highest BCUT2D eigenvalue weighted by Gasteiger charge is 2.08. The number of amides is 2. The fourth-order valence-corrected chi connectivity index (χ4v) is 3.35. The molecule has 0 atom stereocenters. The molecule has 0 bridgehead atoms. The van der Waals surface area contributed by atoms with Crippen LogP contribution in [0.2, 0.25) is 5.02 Å². The van der Waals surface area contributed by atoms with E-state index in [0.717, 1.165) is 10.6 Å². The summed E-state index contributed by atoms with van der Waals surface area (Å²) >= 11 is 8.87. The van der Waals surface area contributed by atoms with Gasteiger partial charge in [-0.15, -0.1) is 22.7 Å². The first-order valence-corrected chi connectivity index (χ1v) is 8.17. The van der Waals surface area contributed by atoms with E-state index in [-0.39, 0.29) is 6.03 Å². The predicted octanol–water partition coefficient (Wildman–Crippen LogP) is 5.17. The lowest BCUT2D eigenvalue weighted by atomic mass is 10.3. The number of anilines is 2. The summed E-state index contributed by atoms with van der Waals surface area (Å²) < 4.78 is 0. The lowest BCUT2D eigenvalue weighted by molar-refractivity contribution is 0.262. The van der Waals surface area contributed by atoms with Crippen LogP contribution < -0.4 is 10.6 Å². The molecule has 0 aliphatic heterocycles. The Hall–Kier alpha value is -1.89. The normalized spacial score (nSPS) is 10.3. The summed E-state index contributed by atoms with van der Waals surface area (Å²) in [7, 11) is 0. The lowest BCUT2D eigenvalue weighted by Crippen LogP contribution is -2.19. The van der Waals surface area contributed by atoms with Crippen LogP contribution in [-0.2, 0) is 0 Å². The zero-order valence-corrected chi connectivity index (χ0v) is 13.1. The summed E-state index contributed by atoms with van der Waals surface area (Å²) in [5.74, 6) is 0. The van der Waals surface area contributed by atoms with Crippen LogP contribution in [0.15, 0.2) is 47.2 Å². The van der Waals surface area contributed by atoms with Gasteiger partial charge in [-0.1, -0.05) is 23.7 Å². The van der Waals surface area contributed by atoms with Crippen LogP contribution >= 0.6 is 34.3 Å². The average molecular weight is 336 g/mol. The molecule has 2 N–H and O–H groups in total. The molecule has 1 aromatic carbocycles. The maximum Gasteiger partial charge on any atom is 0.325 e.